The summed E-state index contributed by atoms with van der Waals surface area (Å²) < 4.78 is 11.3. The Hall–Kier alpha value is -2.96. The van der Waals surface area contributed by atoms with Crippen LogP contribution in [0.5, 0.6) is 0 Å². The molecule has 2 aliphatic heterocycles. The van der Waals surface area contributed by atoms with Gasteiger partial charge in [-0.25, -0.2) is 4.79 Å². The number of hydrogen-bond acceptors (Lipinski definition) is 5. The molecule has 2 aromatic carbocycles. The number of rotatable bonds is 1. The number of amides is 1. The maximum Gasteiger partial charge on any atom is 0.328 e. The third-order valence-electron chi connectivity index (χ3n) is 7.22. The Morgan fingerprint density at radius 2 is 1.84 bits per heavy atom. The first-order valence-electron chi connectivity index (χ1n) is 13.4. The fourth-order valence-electron chi connectivity index (χ4n) is 5.18. The number of benzene rings is 2. The molecule has 1 amide bonds. The van der Waals surface area contributed by atoms with E-state index in [1.54, 1.807) is 4.90 Å². The standard InChI is InChI=1S/C31H40N2O4/c1-31(2,3)28-29(34)33-20-26(19-27(33)30(35)36-4)37-21-23-13-10-15-25(18-23)24-14-9-12-22(17-24)11-7-5-6-8-16-32-28/h7,9-15,17-18,26-28,32H,5-6,8,16,19-21H2,1-4H3/t26-,27+,28-/m1/s1. The number of carbonyl (C=O) groups is 2. The van der Waals surface area contributed by atoms with Gasteiger partial charge in [-0.1, -0.05) is 69.3 Å². The second kappa shape index (κ2) is 12.1. The Morgan fingerprint density at radius 3 is 2.59 bits per heavy atom. The number of fused-ring (bicyclic) bond motifs is 7. The molecule has 1 saturated heterocycles. The highest BCUT2D eigenvalue weighted by atomic mass is 16.5. The van der Waals surface area contributed by atoms with Crippen LogP contribution < -0.4 is 5.32 Å². The molecule has 198 valence electrons. The van der Waals surface area contributed by atoms with E-state index >= 15 is 0 Å². The van der Waals surface area contributed by atoms with Crippen molar-refractivity contribution >= 4 is 18.0 Å². The van der Waals surface area contributed by atoms with Gasteiger partial charge in [-0.15, -0.1) is 0 Å². The van der Waals surface area contributed by atoms with Crippen molar-refractivity contribution in [2.45, 2.75) is 71.2 Å². The number of nitrogens with one attached hydrogen (secondary N) is 1. The van der Waals surface area contributed by atoms with Crippen LogP contribution in [0.15, 0.2) is 54.6 Å². The molecule has 3 atom stereocenters. The zero-order chi connectivity index (χ0) is 26.4. The summed E-state index contributed by atoms with van der Waals surface area (Å²) in [6, 6.07) is 15.9. The predicted molar refractivity (Wildman–Crippen MR) is 147 cm³/mol. The van der Waals surface area contributed by atoms with Crippen LogP contribution in [0.1, 0.15) is 57.6 Å². The van der Waals surface area contributed by atoms with E-state index in [1.165, 1.54) is 18.2 Å². The molecular weight excluding hydrogens is 464 g/mol. The second-order valence-electron chi connectivity index (χ2n) is 11.2. The van der Waals surface area contributed by atoms with Crippen molar-refractivity contribution in [3.05, 3.63) is 65.7 Å². The van der Waals surface area contributed by atoms with Gasteiger partial charge in [-0.3, -0.25) is 4.79 Å². The molecule has 1 fully saturated rings. The summed E-state index contributed by atoms with van der Waals surface area (Å²) in [6.07, 6.45) is 7.56. The molecule has 0 saturated carbocycles. The molecule has 0 spiro atoms. The Balaban J connectivity index is 1.62. The van der Waals surface area contributed by atoms with Gasteiger partial charge in [0.2, 0.25) is 5.91 Å². The first-order valence-corrected chi connectivity index (χ1v) is 13.4. The lowest BCUT2D eigenvalue weighted by Crippen LogP contribution is -2.55. The minimum absolute atomic E-state index is 0.0659. The summed E-state index contributed by atoms with van der Waals surface area (Å²) in [4.78, 5) is 28.1. The van der Waals surface area contributed by atoms with E-state index < -0.39 is 12.1 Å². The van der Waals surface area contributed by atoms with Gasteiger partial charge in [-0.2, -0.15) is 0 Å². The number of ether oxygens (including phenoxy) is 2. The van der Waals surface area contributed by atoms with Gasteiger partial charge in [0, 0.05) is 13.0 Å². The molecule has 0 unspecified atom stereocenters. The van der Waals surface area contributed by atoms with Crippen LogP contribution in [-0.2, 0) is 25.7 Å². The average Bonchev–Trinajstić information content (AvgIpc) is 3.32. The Labute approximate surface area is 221 Å². The minimum atomic E-state index is -0.637. The van der Waals surface area contributed by atoms with Crippen LogP contribution in [0.4, 0.5) is 0 Å². The van der Waals surface area contributed by atoms with Gasteiger partial charge in [0.05, 0.1) is 25.9 Å². The van der Waals surface area contributed by atoms with Crippen molar-refractivity contribution in [1.29, 1.82) is 0 Å². The monoisotopic (exact) mass is 504 g/mol. The topological polar surface area (TPSA) is 67.9 Å². The van der Waals surface area contributed by atoms with Gasteiger partial charge in [-0.05, 0) is 65.6 Å². The molecule has 37 heavy (non-hydrogen) atoms. The van der Waals surface area contributed by atoms with Crippen molar-refractivity contribution in [3.63, 3.8) is 0 Å². The normalized spacial score (nSPS) is 23.5. The van der Waals surface area contributed by atoms with E-state index in [2.05, 4.69) is 80.7 Å². The number of hydrogen-bond donors (Lipinski definition) is 1. The van der Waals surface area contributed by atoms with Crippen molar-refractivity contribution < 1.29 is 19.1 Å². The third-order valence-corrected chi connectivity index (χ3v) is 7.22. The number of methoxy groups -OCH3 is 1. The van der Waals surface area contributed by atoms with Crippen LogP contribution in [0.3, 0.4) is 0 Å². The summed E-state index contributed by atoms with van der Waals surface area (Å²) in [6.45, 7) is 7.70. The molecule has 2 aliphatic rings. The van der Waals surface area contributed by atoms with Crippen LogP contribution in [-0.4, -0.2) is 55.2 Å². The number of allylic oxidation sites excluding steroid dienone is 1. The molecule has 6 nitrogen and oxygen atoms in total. The van der Waals surface area contributed by atoms with Crippen molar-refractivity contribution in [1.82, 2.24) is 10.2 Å². The van der Waals surface area contributed by atoms with E-state index in [0.717, 1.165) is 36.9 Å². The molecule has 6 heteroatoms. The van der Waals surface area contributed by atoms with Crippen LogP contribution in [0.2, 0.25) is 0 Å². The summed E-state index contributed by atoms with van der Waals surface area (Å²) in [5, 5.41) is 3.49. The maximum atomic E-state index is 13.8. The molecule has 2 aromatic rings. The van der Waals surface area contributed by atoms with Crippen LogP contribution >= 0.6 is 0 Å². The first kappa shape index (κ1) is 27.1. The minimum Gasteiger partial charge on any atom is -0.467 e. The molecule has 2 heterocycles. The Morgan fingerprint density at radius 1 is 1.08 bits per heavy atom. The van der Waals surface area contributed by atoms with Gasteiger partial charge < -0.3 is 19.7 Å². The van der Waals surface area contributed by atoms with Crippen molar-refractivity contribution in [2.75, 3.05) is 20.2 Å². The van der Waals surface area contributed by atoms with E-state index in [4.69, 9.17) is 9.47 Å². The van der Waals surface area contributed by atoms with Gasteiger partial charge in [0.1, 0.15) is 6.04 Å². The van der Waals surface area contributed by atoms with E-state index in [1.807, 2.05) is 6.07 Å². The SMILES string of the molecule is COC(=O)[C@@H]1C[C@@H]2CN1C(=O)[C@H](C(C)(C)C)NCCCCC=Cc1cccc(c1)-c1cccc(c1)CO2. The van der Waals surface area contributed by atoms with Crippen molar-refractivity contribution in [2.24, 2.45) is 5.41 Å². The maximum absolute atomic E-state index is 13.8. The molecule has 1 N–H and O–H groups in total. The van der Waals surface area contributed by atoms with E-state index in [9.17, 15) is 9.59 Å². The predicted octanol–water partition coefficient (Wildman–Crippen LogP) is 5.21. The fourth-order valence-corrected chi connectivity index (χ4v) is 5.18. The molecule has 6 bridgehead atoms. The molecule has 4 rings (SSSR count). The quantitative estimate of drug-likeness (QED) is 0.540. The summed E-state index contributed by atoms with van der Waals surface area (Å²) in [7, 11) is 1.38. The van der Waals surface area contributed by atoms with E-state index in [0.29, 0.717) is 19.6 Å². The van der Waals surface area contributed by atoms with E-state index in [-0.39, 0.29) is 23.4 Å². The smallest absolute Gasteiger partial charge is 0.328 e. The van der Waals surface area contributed by atoms with Crippen molar-refractivity contribution in [3.8, 4) is 11.1 Å². The third kappa shape index (κ3) is 6.88. The largest absolute Gasteiger partial charge is 0.467 e. The lowest BCUT2D eigenvalue weighted by molar-refractivity contribution is -0.152. The number of esters is 1. The summed E-state index contributed by atoms with van der Waals surface area (Å²) in [5.74, 6) is -0.456. The van der Waals surface area contributed by atoms with Gasteiger partial charge in [0.15, 0.2) is 0 Å². The second-order valence-corrected chi connectivity index (χ2v) is 11.2. The van der Waals surface area contributed by atoms with Gasteiger partial charge >= 0.3 is 5.97 Å². The lowest BCUT2D eigenvalue weighted by Gasteiger charge is -2.35. The number of carbonyl (C=O) groups excluding carboxylic acids is 2. The summed E-state index contributed by atoms with van der Waals surface area (Å²) >= 11 is 0. The highest BCUT2D eigenvalue weighted by Crippen LogP contribution is 2.29. The Bertz CT molecular complexity index is 1120. The Kier molecular flexibility index (Phi) is 8.83. The fraction of sp³-hybridized carbons (Fsp3) is 0.484. The highest BCUT2D eigenvalue weighted by Gasteiger charge is 2.45. The molecule has 0 radical (unpaired) electrons. The van der Waals surface area contributed by atoms with Crippen LogP contribution in [0.25, 0.3) is 17.2 Å². The lowest BCUT2D eigenvalue weighted by atomic mass is 9.85. The molecule has 0 aliphatic carbocycles. The summed E-state index contributed by atoms with van der Waals surface area (Å²) in [5.41, 5.74) is 4.24. The zero-order valence-electron chi connectivity index (χ0n) is 22.5. The highest BCUT2D eigenvalue weighted by molar-refractivity contribution is 5.89. The molecular formula is C31H40N2O4. The molecule has 0 aromatic heterocycles. The number of nitrogens with zero attached hydrogens (tertiary/aromatic N) is 1. The first-order chi connectivity index (χ1) is 17.8. The average molecular weight is 505 g/mol. The zero-order valence-corrected chi connectivity index (χ0v) is 22.5. The van der Waals surface area contributed by atoms with Gasteiger partial charge in [0.25, 0.3) is 0 Å². The van der Waals surface area contributed by atoms with Crippen LogP contribution in [0, 0.1) is 5.41 Å².